The molecule has 2 heterocycles. The third-order valence-electron chi connectivity index (χ3n) is 7.12. The van der Waals surface area contributed by atoms with Crippen LogP contribution in [0.1, 0.15) is 19.3 Å². The fraction of sp³-hybridized carbons (Fsp3) is 0.538. The van der Waals surface area contributed by atoms with Crippen LogP contribution in [0.5, 0.6) is 5.75 Å². The first-order chi connectivity index (χ1) is 18.5. The van der Waals surface area contributed by atoms with E-state index in [-0.39, 0.29) is 30.5 Å². The molecule has 1 saturated carbocycles. The van der Waals surface area contributed by atoms with Gasteiger partial charge in [0.1, 0.15) is 17.7 Å². The molecule has 13 heteroatoms. The number of alkyl halides is 1. The largest absolute Gasteiger partial charge is 0.495 e. The van der Waals surface area contributed by atoms with Crippen molar-refractivity contribution in [2.45, 2.75) is 31.5 Å². The van der Waals surface area contributed by atoms with Gasteiger partial charge in [0.25, 0.3) is 0 Å². The lowest BCUT2D eigenvalue weighted by molar-refractivity contribution is -0.140. The Bertz CT molecular complexity index is 1050. The van der Waals surface area contributed by atoms with Crippen LogP contribution in [-0.2, 0) is 19.2 Å². The first-order valence-electron chi connectivity index (χ1n) is 12.6. The summed E-state index contributed by atoms with van der Waals surface area (Å²) in [6, 6.07) is 4.49. The number of amides is 2. The summed E-state index contributed by atoms with van der Waals surface area (Å²) in [6.45, 7) is 4.05. The summed E-state index contributed by atoms with van der Waals surface area (Å²) in [7, 11) is 1.57. The molecule has 11 nitrogen and oxygen atoms in total. The third kappa shape index (κ3) is 7.73. The summed E-state index contributed by atoms with van der Waals surface area (Å²) in [6.07, 6.45) is -0.888. The molecule has 1 aromatic carbocycles. The molecule has 0 bridgehead atoms. The molecular formula is C26H33F2N3O8. The maximum absolute atomic E-state index is 13.8. The summed E-state index contributed by atoms with van der Waals surface area (Å²) < 4.78 is 32.8. The standard InChI is InChI=1S/C22H29F2N3O4.C4H4O4/c1-31-20-4-3-14(23)11-18(20)26-9-7-25(8-10-26)5-2-6-27-21(29)15-12-17(24)19(28)13-16(15)22(27)30;5-3(6)1-2-4(7)8/h3-4,11,15-17,19,28H,2,5-10,12-13H2,1H3;1-2H,(H,5,6)(H,7,8)/b;2-1-. The first-order valence-corrected chi connectivity index (χ1v) is 12.6. The quantitative estimate of drug-likeness (QED) is 0.316. The number of nitrogens with zero attached hydrogens (tertiary/aromatic N) is 3. The molecule has 3 fully saturated rings. The molecule has 214 valence electrons. The Kier molecular flexibility index (Phi) is 10.4. The number of rotatable bonds is 8. The summed E-state index contributed by atoms with van der Waals surface area (Å²) in [5.74, 6) is -3.96. The minimum Gasteiger partial charge on any atom is -0.495 e. The predicted octanol–water partition coefficient (Wildman–Crippen LogP) is 1.15. The Balaban J connectivity index is 0.000000459. The van der Waals surface area contributed by atoms with Gasteiger partial charge in [0, 0.05) is 50.9 Å². The van der Waals surface area contributed by atoms with Crippen molar-refractivity contribution in [2.75, 3.05) is 51.3 Å². The number of aliphatic hydroxyl groups is 1. The molecule has 0 spiro atoms. The van der Waals surface area contributed by atoms with E-state index in [1.54, 1.807) is 13.2 Å². The SMILES string of the molecule is COc1ccc(F)cc1N1CCN(CCCN2C(=O)C3CC(O)C(F)CC3C2=O)CC1.O=C(O)/C=C\C(=O)O. The number of carboxylic acids is 2. The molecular weight excluding hydrogens is 520 g/mol. The van der Waals surface area contributed by atoms with Crippen molar-refractivity contribution in [2.24, 2.45) is 11.8 Å². The molecule has 2 saturated heterocycles. The van der Waals surface area contributed by atoms with Gasteiger partial charge in [-0.2, -0.15) is 0 Å². The number of carboxylic acid groups (broad SMARTS) is 2. The van der Waals surface area contributed by atoms with Crippen molar-refractivity contribution in [1.82, 2.24) is 9.80 Å². The van der Waals surface area contributed by atoms with Crippen LogP contribution >= 0.6 is 0 Å². The fourth-order valence-electron chi connectivity index (χ4n) is 5.13. The van der Waals surface area contributed by atoms with Crippen LogP contribution in [0.25, 0.3) is 0 Å². The highest BCUT2D eigenvalue weighted by atomic mass is 19.1. The number of benzene rings is 1. The lowest BCUT2D eigenvalue weighted by atomic mass is 9.78. The number of halogens is 2. The van der Waals surface area contributed by atoms with E-state index >= 15 is 0 Å². The van der Waals surface area contributed by atoms with E-state index in [0.29, 0.717) is 30.9 Å². The lowest BCUT2D eigenvalue weighted by Gasteiger charge is -2.36. The molecule has 3 N–H and O–H groups in total. The van der Waals surface area contributed by atoms with E-state index in [1.165, 1.54) is 17.0 Å². The normalized spacial score (nSPS) is 25.3. The number of imide groups is 1. The molecule has 4 rings (SSSR count). The number of aliphatic carboxylic acids is 2. The molecule has 0 aromatic heterocycles. The lowest BCUT2D eigenvalue weighted by Crippen LogP contribution is -2.47. The Hall–Kier alpha value is -3.58. The average molecular weight is 554 g/mol. The number of piperazine rings is 1. The van der Waals surface area contributed by atoms with Crippen LogP contribution in [0.4, 0.5) is 14.5 Å². The number of aliphatic hydroxyl groups excluding tert-OH is 1. The van der Waals surface area contributed by atoms with Crippen molar-refractivity contribution in [1.29, 1.82) is 0 Å². The fourth-order valence-corrected chi connectivity index (χ4v) is 5.13. The second-order valence-corrected chi connectivity index (χ2v) is 9.60. The molecule has 2 amide bonds. The Morgan fingerprint density at radius 2 is 1.59 bits per heavy atom. The van der Waals surface area contributed by atoms with E-state index in [2.05, 4.69) is 9.80 Å². The zero-order chi connectivity index (χ0) is 28.7. The molecule has 3 aliphatic rings. The zero-order valence-corrected chi connectivity index (χ0v) is 21.5. The van der Waals surface area contributed by atoms with E-state index in [4.69, 9.17) is 14.9 Å². The van der Waals surface area contributed by atoms with Gasteiger partial charge in [-0.05, 0) is 37.9 Å². The molecule has 39 heavy (non-hydrogen) atoms. The number of hydrogen-bond acceptors (Lipinski definition) is 8. The van der Waals surface area contributed by atoms with E-state index in [0.717, 1.165) is 38.4 Å². The van der Waals surface area contributed by atoms with Gasteiger partial charge < -0.3 is 25.0 Å². The molecule has 2 aliphatic heterocycles. The van der Waals surface area contributed by atoms with Gasteiger partial charge in [-0.25, -0.2) is 18.4 Å². The van der Waals surface area contributed by atoms with Crippen molar-refractivity contribution in [3.63, 3.8) is 0 Å². The Morgan fingerprint density at radius 3 is 2.15 bits per heavy atom. The smallest absolute Gasteiger partial charge is 0.328 e. The van der Waals surface area contributed by atoms with Crippen LogP contribution in [0.3, 0.4) is 0 Å². The summed E-state index contributed by atoms with van der Waals surface area (Å²) in [5.41, 5.74) is 0.742. The topological polar surface area (TPSA) is 148 Å². The Labute approximate surface area is 224 Å². The maximum atomic E-state index is 13.8. The van der Waals surface area contributed by atoms with Crippen LogP contribution in [-0.4, -0.2) is 108 Å². The number of methoxy groups -OCH3 is 1. The number of anilines is 1. The van der Waals surface area contributed by atoms with Gasteiger partial charge >= 0.3 is 11.9 Å². The highest BCUT2D eigenvalue weighted by molar-refractivity contribution is 6.05. The van der Waals surface area contributed by atoms with Crippen LogP contribution in [0.15, 0.2) is 30.4 Å². The number of carbonyl (C=O) groups is 4. The predicted molar refractivity (Wildman–Crippen MR) is 134 cm³/mol. The van der Waals surface area contributed by atoms with Gasteiger partial charge in [-0.15, -0.1) is 0 Å². The minimum absolute atomic E-state index is 0.0262. The van der Waals surface area contributed by atoms with Crippen molar-refractivity contribution >= 4 is 29.4 Å². The summed E-state index contributed by atoms with van der Waals surface area (Å²) >= 11 is 0. The van der Waals surface area contributed by atoms with Gasteiger partial charge in [-0.3, -0.25) is 19.4 Å². The Morgan fingerprint density at radius 1 is 1.00 bits per heavy atom. The minimum atomic E-state index is -1.44. The molecule has 0 radical (unpaired) electrons. The number of fused-ring (bicyclic) bond motifs is 1. The van der Waals surface area contributed by atoms with E-state index < -0.39 is 36.1 Å². The molecule has 1 aliphatic carbocycles. The summed E-state index contributed by atoms with van der Waals surface area (Å²) in [4.78, 5) is 49.9. The van der Waals surface area contributed by atoms with Crippen LogP contribution < -0.4 is 9.64 Å². The van der Waals surface area contributed by atoms with Crippen molar-refractivity contribution < 1.29 is 48.0 Å². The van der Waals surface area contributed by atoms with Crippen LogP contribution in [0, 0.1) is 17.7 Å². The van der Waals surface area contributed by atoms with Crippen molar-refractivity contribution in [3.05, 3.63) is 36.2 Å². The molecule has 4 unspecified atom stereocenters. The van der Waals surface area contributed by atoms with E-state index in [1.807, 2.05) is 0 Å². The number of carbonyl (C=O) groups excluding carboxylic acids is 2. The number of likely N-dealkylation sites (tertiary alicyclic amines) is 1. The highest BCUT2D eigenvalue weighted by Gasteiger charge is 2.52. The van der Waals surface area contributed by atoms with Gasteiger partial charge in [0.05, 0.1) is 30.7 Å². The summed E-state index contributed by atoms with van der Waals surface area (Å²) in [5, 5.41) is 25.3. The van der Waals surface area contributed by atoms with Crippen LogP contribution in [0.2, 0.25) is 0 Å². The molecule has 4 atom stereocenters. The number of ether oxygens (including phenoxy) is 1. The number of hydrogen-bond donors (Lipinski definition) is 3. The highest BCUT2D eigenvalue weighted by Crippen LogP contribution is 2.39. The van der Waals surface area contributed by atoms with E-state index in [9.17, 15) is 33.1 Å². The first kappa shape index (κ1) is 30.0. The second-order valence-electron chi connectivity index (χ2n) is 9.60. The maximum Gasteiger partial charge on any atom is 0.328 e. The zero-order valence-electron chi connectivity index (χ0n) is 21.5. The third-order valence-corrected chi connectivity index (χ3v) is 7.12. The second kappa shape index (κ2) is 13.5. The van der Waals surface area contributed by atoms with Gasteiger partial charge in [0.2, 0.25) is 11.8 Å². The average Bonchev–Trinajstić information content (AvgIpc) is 3.12. The van der Waals surface area contributed by atoms with Gasteiger partial charge in [-0.1, -0.05) is 0 Å². The van der Waals surface area contributed by atoms with Crippen molar-refractivity contribution in [3.8, 4) is 5.75 Å². The molecule has 1 aromatic rings. The monoisotopic (exact) mass is 553 g/mol. The van der Waals surface area contributed by atoms with Gasteiger partial charge in [0.15, 0.2) is 0 Å².